The highest BCUT2D eigenvalue weighted by molar-refractivity contribution is 5.24. The van der Waals surface area contributed by atoms with Crippen molar-refractivity contribution in [2.24, 2.45) is 0 Å². The molecule has 1 nitrogen and oxygen atoms in total. The van der Waals surface area contributed by atoms with Gasteiger partial charge in [-0.15, -0.1) is 0 Å². The van der Waals surface area contributed by atoms with Crippen LogP contribution in [-0.4, -0.2) is 7.11 Å². The van der Waals surface area contributed by atoms with Gasteiger partial charge in [0, 0.05) is 6.07 Å². The number of ether oxygens (including phenoxy) is 1. The largest absolute Gasteiger partial charge is 0.494 e. The van der Waals surface area contributed by atoms with Gasteiger partial charge in [0.25, 0.3) is 0 Å². The summed E-state index contributed by atoms with van der Waals surface area (Å²) in [6, 6.07) is 2.75. The maximum absolute atomic E-state index is 12.5. The van der Waals surface area contributed by atoms with Crippen LogP contribution in [0.15, 0.2) is 6.07 Å². The number of hydrogen-bond donors (Lipinski definition) is 0. The maximum Gasteiger partial charge on any atom is 0.203 e. The van der Waals surface area contributed by atoms with Crippen molar-refractivity contribution in [3.05, 3.63) is 29.6 Å². The number of rotatable bonds is 1. The minimum atomic E-state index is -1.57. The fourth-order valence-electron chi connectivity index (χ4n) is 0.609. The van der Waals surface area contributed by atoms with Crippen molar-refractivity contribution in [1.82, 2.24) is 0 Å². The quantitative estimate of drug-likeness (QED) is 0.571. The monoisotopic (exact) mass is 161 g/mol. The molecule has 0 aromatic heterocycles. The number of benzene rings is 1. The Balaban J connectivity index is 3.25. The molecule has 1 rings (SSSR count). The molecular formula is C7H4F3O. The Morgan fingerprint density at radius 1 is 1.27 bits per heavy atom. The van der Waals surface area contributed by atoms with Crippen molar-refractivity contribution in [1.29, 1.82) is 0 Å². The summed E-state index contributed by atoms with van der Waals surface area (Å²) in [5, 5.41) is 0. The molecule has 0 N–H and O–H groups in total. The van der Waals surface area contributed by atoms with Crippen LogP contribution in [0.4, 0.5) is 13.2 Å². The van der Waals surface area contributed by atoms with Crippen molar-refractivity contribution in [3.8, 4) is 5.75 Å². The average molecular weight is 161 g/mol. The van der Waals surface area contributed by atoms with Crippen molar-refractivity contribution in [2.75, 3.05) is 7.11 Å². The van der Waals surface area contributed by atoms with E-state index in [9.17, 15) is 13.2 Å². The lowest BCUT2D eigenvalue weighted by molar-refractivity contribution is 0.360. The van der Waals surface area contributed by atoms with E-state index in [1.54, 1.807) is 0 Å². The summed E-state index contributed by atoms with van der Waals surface area (Å²) in [4.78, 5) is 0. The Hall–Kier alpha value is -1.19. The Morgan fingerprint density at radius 3 is 2.45 bits per heavy atom. The lowest BCUT2D eigenvalue weighted by atomic mass is 10.3. The zero-order valence-corrected chi connectivity index (χ0v) is 5.62. The van der Waals surface area contributed by atoms with Gasteiger partial charge in [0.15, 0.2) is 17.4 Å². The first kappa shape index (κ1) is 7.91. The molecule has 0 spiro atoms. The Morgan fingerprint density at radius 2 is 1.91 bits per heavy atom. The van der Waals surface area contributed by atoms with Gasteiger partial charge in [0.2, 0.25) is 5.82 Å². The lowest BCUT2D eigenvalue weighted by Gasteiger charge is -2.00. The minimum absolute atomic E-state index is 0.358. The summed E-state index contributed by atoms with van der Waals surface area (Å²) < 4.78 is 41.4. The molecule has 4 heteroatoms. The van der Waals surface area contributed by atoms with Crippen LogP contribution >= 0.6 is 0 Å². The molecule has 0 fully saturated rings. The maximum atomic E-state index is 12.5. The molecule has 59 valence electrons. The smallest absolute Gasteiger partial charge is 0.203 e. The zero-order valence-electron chi connectivity index (χ0n) is 5.62. The van der Waals surface area contributed by atoms with E-state index in [1.807, 2.05) is 6.07 Å². The molecule has 1 aromatic rings. The minimum Gasteiger partial charge on any atom is -0.494 e. The second-order valence-electron chi connectivity index (χ2n) is 1.80. The zero-order chi connectivity index (χ0) is 8.43. The third-order valence-corrected chi connectivity index (χ3v) is 1.15. The highest BCUT2D eigenvalue weighted by Crippen LogP contribution is 2.20. The Labute approximate surface area is 61.4 Å². The third kappa shape index (κ3) is 1.29. The van der Waals surface area contributed by atoms with Gasteiger partial charge in [0.1, 0.15) is 0 Å². The standard InChI is InChI=1S/C7H4F3O/c1-11-5-3-2-4(8)6(9)7(5)10/h3H,1H3. The normalized spacial score (nSPS) is 9.82. The van der Waals surface area contributed by atoms with Crippen molar-refractivity contribution in [3.63, 3.8) is 0 Å². The van der Waals surface area contributed by atoms with Gasteiger partial charge in [-0.2, -0.15) is 4.39 Å². The van der Waals surface area contributed by atoms with E-state index in [0.717, 1.165) is 13.2 Å². The molecule has 0 aliphatic carbocycles. The van der Waals surface area contributed by atoms with Crippen molar-refractivity contribution < 1.29 is 17.9 Å². The van der Waals surface area contributed by atoms with E-state index in [2.05, 4.69) is 4.74 Å². The van der Waals surface area contributed by atoms with Crippen LogP contribution in [0.3, 0.4) is 0 Å². The molecule has 11 heavy (non-hydrogen) atoms. The topological polar surface area (TPSA) is 9.23 Å². The summed E-state index contributed by atoms with van der Waals surface area (Å²) in [5.74, 6) is -4.60. The first-order valence-electron chi connectivity index (χ1n) is 2.76. The molecule has 0 aliphatic heterocycles. The van der Waals surface area contributed by atoms with E-state index >= 15 is 0 Å². The first-order valence-corrected chi connectivity index (χ1v) is 2.76. The molecule has 1 radical (unpaired) electrons. The van der Waals surface area contributed by atoms with Crippen LogP contribution in [0.25, 0.3) is 0 Å². The predicted octanol–water partition coefficient (Wildman–Crippen LogP) is 1.91. The van der Waals surface area contributed by atoms with Gasteiger partial charge in [0.05, 0.1) is 7.11 Å². The molecule has 1 aromatic carbocycles. The van der Waals surface area contributed by atoms with E-state index in [-0.39, 0.29) is 5.75 Å². The second-order valence-corrected chi connectivity index (χ2v) is 1.80. The van der Waals surface area contributed by atoms with E-state index in [4.69, 9.17) is 0 Å². The average Bonchev–Trinajstić information content (AvgIpc) is 2.01. The Kier molecular flexibility index (Phi) is 2.03. The van der Waals surface area contributed by atoms with Gasteiger partial charge < -0.3 is 4.74 Å². The van der Waals surface area contributed by atoms with Crippen LogP contribution in [-0.2, 0) is 0 Å². The van der Waals surface area contributed by atoms with E-state index in [1.165, 1.54) is 0 Å². The fraction of sp³-hybridized carbons (Fsp3) is 0.143. The summed E-state index contributed by atoms with van der Waals surface area (Å²) in [6.07, 6.45) is 0. The second kappa shape index (κ2) is 2.82. The molecule has 0 saturated heterocycles. The molecule has 0 unspecified atom stereocenters. The summed E-state index contributed by atoms with van der Waals surface area (Å²) in [5.41, 5.74) is 0. The predicted molar refractivity (Wildman–Crippen MR) is 31.7 cm³/mol. The van der Waals surface area contributed by atoms with Gasteiger partial charge in [-0.1, -0.05) is 0 Å². The van der Waals surface area contributed by atoms with E-state index < -0.39 is 17.5 Å². The lowest BCUT2D eigenvalue weighted by Crippen LogP contribution is -1.94. The number of methoxy groups -OCH3 is 1. The summed E-state index contributed by atoms with van der Waals surface area (Å²) in [6.45, 7) is 0. The van der Waals surface area contributed by atoms with Gasteiger partial charge in [-0.25, -0.2) is 8.78 Å². The molecule has 0 saturated carbocycles. The number of hydrogen-bond acceptors (Lipinski definition) is 1. The van der Waals surface area contributed by atoms with Gasteiger partial charge >= 0.3 is 0 Å². The third-order valence-electron chi connectivity index (χ3n) is 1.15. The molecule has 0 bridgehead atoms. The SMILES string of the molecule is COc1c[c]c(F)c(F)c1F. The molecule has 0 heterocycles. The number of halogens is 3. The van der Waals surface area contributed by atoms with Crippen molar-refractivity contribution in [2.45, 2.75) is 0 Å². The van der Waals surface area contributed by atoms with Gasteiger partial charge in [-0.3, -0.25) is 0 Å². The fourth-order valence-corrected chi connectivity index (χ4v) is 0.609. The van der Waals surface area contributed by atoms with Gasteiger partial charge in [-0.05, 0) is 6.07 Å². The summed E-state index contributed by atoms with van der Waals surface area (Å²) in [7, 11) is 1.16. The van der Waals surface area contributed by atoms with Crippen LogP contribution < -0.4 is 4.74 Å². The molecular weight excluding hydrogens is 157 g/mol. The van der Waals surface area contributed by atoms with Crippen LogP contribution in [0.2, 0.25) is 0 Å². The first-order chi connectivity index (χ1) is 5.16. The molecule has 0 amide bonds. The van der Waals surface area contributed by atoms with Crippen LogP contribution in [0.5, 0.6) is 5.75 Å². The van der Waals surface area contributed by atoms with Crippen LogP contribution in [0.1, 0.15) is 0 Å². The molecule has 0 atom stereocenters. The molecule has 0 aliphatic rings. The highest BCUT2D eigenvalue weighted by Gasteiger charge is 2.13. The highest BCUT2D eigenvalue weighted by atomic mass is 19.2. The summed E-state index contributed by atoms with van der Waals surface area (Å²) >= 11 is 0. The van der Waals surface area contributed by atoms with Crippen LogP contribution in [0, 0.1) is 23.5 Å². The Bertz CT molecular complexity index is 273. The van der Waals surface area contributed by atoms with Crippen molar-refractivity contribution >= 4 is 0 Å². The van der Waals surface area contributed by atoms with E-state index in [0.29, 0.717) is 0 Å².